The summed E-state index contributed by atoms with van der Waals surface area (Å²) in [6.45, 7) is 0. The number of hydrogen-bond acceptors (Lipinski definition) is 4. The molecular weight excluding hydrogens is 433 g/mol. The fraction of sp³-hybridized carbons (Fsp3) is 0.0500. The summed E-state index contributed by atoms with van der Waals surface area (Å²) in [6.07, 6.45) is 0.245. The van der Waals surface area contributed by atoms with Crippen LogP contribution in [0.2, 0.25) is 5.02 Å². The number of imidazole rings is 1. The van der Waals surface area contributed by atoms with E-state index in [1.807, 2.05) is 6.07 Å². The lowest BCUT2D eigenvalue weighted by molar-refractivity contribution is -0.137. The molecule has 0 unspecified atom stereocenters. The highest BCUT2D eigenvalue weighted by atomic mass is 35.5. The first-order valence-corrected chi connectivity index (χ1v) is 9.23. The van der Waals surface area contributed by atoms with Gasteiger partial charge in [0.1, 0.15) is 0 Å². The number of amides is 2. The molecule has 0 bridgehead atoms. The summed E-state index contributed by atoms with van der Waals surface area (Å²) in [5, 5.41) is 4.52. The van der Waals surface area contributed by atoms with Crippen LogP contribution in [-0.2, 0) is 6.18 Å². The number of halogens is 4. The second-order valence-electron chi connectivity index (χ2n) is 6.50. The number of hydrogen-bond donors (Lipinski definition) is 3. The number of anilines is 3. The van der Waals surface area contributed by atoms with Crippen molar-refractivity contribution in [2.24, 2.45) is 0 Å². The van der Waals surface area contributed by atoms with Gasteiger partial charge in [-0.25, -0.2) is 14.8 Å². The van der Waals surface area contributed by atoms with Gasteiger partial charge in [-0.15, -0.1) is 0 Å². The SMILES string of the molecule is Nc1nccn2c(-c3cccc(NC(=O)Nc4ccc(Cl)c(C(F)(F)F)c4)c3)cnc12. The van der Waals surface area contributed by atoms with Crippen LogP contribution in [0.1, 0.15) is 5.56 Å². The number of nitrogen functional groups attached to an aromatic ring is 1. The molecular formula is C20H14ClF3N6O. The molecule has 2 aromatic heterocycles. The van der Waals surface area contributed by atoms with Gasteiger partial charge in [-0.05, 0) is 30.3 Å². The van der Waals surface area contributed by atoms with Crippen molar-refractivity contribution in [3.05, 3.63) is 71.6 Å². The van der Waals surface area contributed by atoms with Crippen molar-refractivity contribution in [3.63, 3.8) is 0 Å². The van der Waals surface area contributed by atoms with E-state index in [1.165, 1.54) is 6.07 Å². The zero-order chi connectivity index (χ0) is 22.2. The van der Waals surface area contributed by atoms with Gasteiger partial charge in [-0.1, -0.05) is 23.7 Å². The van der Waals surface area contributed by atoms with E-state index in [2.05, 4.69) is 20.6 Å². The van der Waals surface area contributed by atoms with Crippen LogP contribution in [0.4, 0.5) is 35.2 Å². The molecule has 0 saturated heterocycles. The van der Waals surface area contributed by atoms with Gasteiger partial charge in [0.2, 0.25) is 0 Å². The van der Waals surface area contributed by atoms with Gasteiger partial charge < -0.3 is 16.4 Å². The standard InChI is InChI=1S/C20H14ClF3N6O/c21-15-5-4-13(9-14(15)20(22,23)24)29-19(31)28-12-3-1-2-11(8-12)16-10-27-18-17(25)26-6-7-30(16)18/h1-10H,(H2,25,26)(H2,28,29,31). The highest BCUT2D eigenvalue weighted by molar-refractivity contribution is 6.31. The summed E-state index contributed by atoms with van der Waals surface area (Å²) in [5.74, 6) is 0.281. The maximum Gasteiger partial charge on any atom is 0.417 e. The Morgan fingerprint density at radius 2 is 1.81 bits per heavy atom. The fourth-order valence-corrected chi connectivity index (χ4v) is 3.25. The Morgan fingerprint density at radius 1 is 1.06 bits per heavy atom. The molecule has 4 N–H and O–H groups in total. The lowest BCUT2D eigenvalue weighted by atomic mass is 10.1. The smallest absolute Gasteiger partial charge is 0.381 e. The molecule has 0 radical (unpaired) electrons. The molecule has 0 spiro atoms. The molecule has 2 heterocycles. The third kappa shape index (κ3) is 4.24. The lowest BCUT2D eigenvalue weighted by Gasteiger charge is -2.13. The van der Waals surface area contributed by atoms with E-state index >= 15 is 0 Å². The van der Waals surface area contributed by atoms with Crippen LogP contribution in [0.15, 0.2) is 61.1 Å². The maximum absolute atomic E-state index is 13.0. The minimum atomic E-state index is -4.63. The zero-order valence-electron chi connectivity index (χ0n) is 15.6. The van der Waals surface area contributed by atoms with E-state index in [0.717, 1.165) is 23.4 Å². The predicted molar refractivity (Wildman–Crippen MR) is 112 cm³/mol. The zero-order valence-corrected chi connectivity index (χ0v) is 16.4. The fourth-order valence-electron chi connectivity index (χ4n) is 3.02. The Balaban J connectivity index is 1.54. The van der Waals surface area contributed by atoms with Crippen molar-refractivity contribution in [1.82, 2.24) is 14.4 Å². The number of fused-ring (bicyclic) bond motifs is 1. The quantitative estimate of drug-likeness (QED) is 0.398. The first kappa shape index (κ1) is 20.5. The van der Waals surface area contributed by atoms with Gasteiger partial charge in [0.15, 0.2) is 11.5 Å². The van der Waals surface area contributed by atoms with E-state index in [0.29, 0.717) is 11.3 Å². The highest BCUT2D eigenvalue weighted by Crippen LogP contribution is 2.36. The Labute approximate surface area is 178 Å². The number of aromatic nitrogens is 3. The minimum absolute atomic E-state index is 0.0462. The second kappa shape index (κ2) is 7.80. The molecule has 0 atom stereocenters. The summed E-state index contributed by atoms with van der Waals surface area (Å²) < 4.78 is 40.7. The van der Waals surface area contributed by atoms with Crippen LogP contribution >= 0.6 is 11.6 Å². The van der Waals surface area contributed by atoms with Gasteiger partial charge in [0, 0.05) is 29.3 Å². The van der Waals surface area contributed by atoms with Crippen LogP contribution in [0, 0.1) is 0 Å². The number of carbonyl (C=O) groups is 1. The van der Waals surface area contributed by atoms with Crippen LogP contribution < -0.4 is 16.4 Å². The molecule has 4 aromatic rings. The van der Waals surface area contributed by atoms with Gasteiger partial charge >= 0.3 is 12.2 Å². The Kier molecular flexibility index (Phi) is 5.15. The number of carbonyl (C=O) groups excluding carboxylic acids is 1. The van der Waals surface area contributed by atoms with E-state index in [9.17, 15) is 18.0 Å². The lowest BCUT2D eigenvalue weighted by Crippen LogP contribution is -2.20. The van der Waals surface area contributed by atoms with Crippen molar-refractivity contribution >= 4 is 40.5 Å². The molecule has 0 aliphatic carbocycles. The van der Waals surface area contributed by atoms with Gasteiger partial charge in [0.05, 0.1) is 22.5 Å². The third-order valence-corrected chi connectivity index (χ3v) is 4.73. The number of alkyl halides is 3. The number of nitrogens with zero attached hydrogens (tertiary/aromatic N) is 3. The predicted octanol–water partition coefficient (Wildman–Crippen LogP) is 5.29. The van der Waals surface area contributed by atoms with E-state index in [-0.39, 0.29) is 11.5 Å². The molecule has 0 aliphatic heterocycles. The van der Waals surface area contributed by atoms with Gasteiger partial charge in [-0.3, -0.25) is 4.40 Å². The van der Waals surface area contributed by atoms with E-state index < -0.39 is 22.8 Å². The van der Waals surface area contributed by atoms with E-state index in [1.54, 1.807) is 41.2 Å². The molecule has 0 aliphatic rings. The molecule has 7 nitrogen and oxygen atoms in total. The largest absolute Gasteiger partial charge is 0.417 e. The van der Waals surface area contributed by atoms with Crippen LogP contribution in [0.5, 0.6) is 0 Å². The Hall–Kier alpha value is -3.79. The second-order valence-corrected chi connectivity index (χ2v) is 6.91. The molecule has 0 saturated carbocycles. The van der Waals surface area contributed by atoms with Crippen molar-refractivity contribution in [1.29, 1.82) is 0 Å². The van der Waals surface area contributed by atoms with Crippen molar-refractivity contribution < 1.29 is 18.0 Å². The van der Waals surface area contributed by atoms with Crippen LogP contribution in [0.25, 0.3) is 16.9 Å². The number of nitrogens with two attached hydrogens (primary N) is 1. The molecule has 2 amide bonds. The van der Waals surface area contributed by atoms with Crippen molar-refractivity contribution in [2.45, 2.75) is 6.18 Å². The van der Waals surface area contributed by atoms with Gasteiger partial charge in [0.25, 0.3) is 0 Å². The van der Waals surface area contributed by atoms with Crippen LogP contribution in [-0.4, -0.2) is 20.4 Å². The summed E-state index contributed by atoms with van der Waals surface area (Å²) in [7, 11) is 0. The Morgan fingerprint density at radius 3 is 2.55 bits per heavy atom. The van der Waals surface area contributed by atoms with Gasteiger partial charge in [-0.2, -0.15) is 13.2 Å². The number of urea groups is 1. The van der Waals surface area contributed by atoms with E-state index in [4.69, 9.17) is 17.3 Å². The summed E-state index contributed by atoms with van der Waals surface area (Å²) in [5.41, 5.74) is 7.13. The first-order valence-electron chi connectivity index (χ1n) is 8.85. The maximum atomic E-state index is 13.0. The number of benzene rings is 2. The average Bonchev–Trinajstić information content (AvgIpc) is 3.14. The molecule has 4 rings (SSSR count). The van der Waals surface area contributed by atoms with Crippen LogP contribution in [0.3, 0.4) is 0 Å². The molecule has 158 valence electrons. The molecule has 31 heavy (non-hydrogen) atoms. The highest BCUT2D eigenvalue weighted by Gasteiger charge is 2.33. The Bertz CT molecular complexity index is 1290. The summed E-state index contributed by atoms with van der Waals surface area (Å²) >= 11 is 5.60. The minimum Gasteiger partial charge on any atom is -0.381 e. The molecule has 2 aromatic carbocycles. The molecule has 0 fully saturated rings. The summed E-state index contributed by atoms with van der Waals surface area (Å²) in [6, 6.07) is 9.30. The first-order chi connectivity index (χ1) is 14.7. The normalized spacial score (nSPS) is 11.5. The monoisotopic (exact) mass is 446 g/mol. The van der Waals surface area contributed by atoms with Crippen molar-refractivity contribution in [3.8, 4) is 11.3 Å². The average molecular weight is 447 g/mol. The molecule has 11 heteroatoms. The number of rotatable bonds is 3. The van der Waals surface area contributed by atoms with Crippen molar-refractivity contribution in [2.75, 3.05) is 16.4 Å². The third-order valence-electron chi connectivity index (χ3n) is 4.40. The topological polar surface area (TPSA) is 97.3 Å². The summed E-state index contributed by atoms with van der Waals surface area (Å²) in [4.78, 5) is 20.5. The number of nitrogens with one attached hydrogen (secondary N) is 2.